The molecule has 1 aromatic rings. The largest absolute Gasteiger partial charge is 0.383 e. The zero-order valence-electron chi connectivity index (χ0n) is 10.2. The second-order valence-electron chi connectivity index (χ2n) is 4.00. The summed E-state index contributed by atoms with van der Waals surface area (Å²) < 4.78 is 1.51. The summed E-state index contributed by atoms with van der Waals surface area (Å²) in [5, 5.41) is 3.96. The number of nitrogen functional groups attached to an aromatic ring is 1. The number of anilines is 1. The second-order valence-corrected chi connectivity index (χ2v) is 4.00. The summed E-state index contributed by atoms with van der Waals surface area (Å²) in [5.74, 6) is 0.369. The minimum Gasteiger partial charge on any atom is -0.383 e. The Morgan fingerprint density at radius 3 is 2.75 bits per heavy atom. The summed E-state index contributed by atoms with van der Waals surface area (Å²) in [7, 11) is 3.52. The first-order chi connectivity index (χ1) is 7.57. The first-order valence-electron chi connectivity index (χ1n) is 5.60. The first-order valence-corrected chi connectivity index (χ1v) is 5.60. The van der Waals surface area contributed by atoms with Crippen LogP contribution in [0.3, 0.4) is 0 Å². The van der Waals surface area contributed by atoms with E-state index in [9.17, 15) is 4.79 Å². The van der Waals surface area contributed by atoms with E-state index in [0.717, 1.165) is 25.8 Å². The summed E-state index contributed by atoms with van der Waals surface area (Å²) in [6, 6.07) is 0. The van der Waals surface area contributed by atoms with Gasteiger partial charge in [0, 0.05) is 20.6 Å². The average molecular weight is 224 g/mol. The molecule has 1 aromatic heterocycles. The Kier molecular flexibility index (Phi) is 4.34. The van der Waals surface area contributed by atoms with E-state index in [0.29, 0.717) is 11.4 Å². The minimum absolute atomic E-state index is 0.0540. The molecule has 0 fully saturated rings. The van der Waals surface area contributed by atoms with Crippen molar-refractivity contribution in [1.82, 2.24) is 14.7 Å². The maximum absolute atomic E-state index is 12.0. The molecule has 0 unspecified atom stereocenters. The van der Waals surface area contributed by atoms with E-state index in [-0.39, 0.29) is 5.91 Å². The molecule has 0 saturated heterocycles. The number of aromatic nitrogens is 2. The highest BCUT2D eigenvalue weighted by Crippen LogP contribution is 2.12. The second kappa shape index (κ2) is 5.53. The molecule has 0 spiro atoms. The van der Waals surface area contributed by atoms with Crippen LogP contribution >= 0.6 is 0 Å². The normalized spacial score (nSPS) is 10.4. The standard InChI is InChI=1S/C11H20N4O/c1-4-5-6-7-14(2)11(16)9-8-13-15(3)10(9)12/h8H,4-7,12H2,1-3H3. The number of carbonyl (C=O) groups excluding carboxylic acids is 1. The van der Waals surface area contributed by atoms with E-state index in [1.165, 1.54) is 10.9 Å². The maximum Gasteiger partial charge on any atom is 0.258 e. The Labute approximate surface area is 96.2 Å². The Balaban J connectivity index is 2.60. The van der Waals surface area contributed by atoms with Crippen LogP contribution in [0.5, 0.6) is 0 Å². The van der Waals surface area contributed by atoms with E-state index in [1.54, 1.807) is 19.0 Å². The molecular weight excluding hydrogens is 204 g/mol. The molecule has 0 aromatic carbocycles. The molecule has 0 aliphatic carbocycles. The van der Waals surface area contributed by atoms with Gasteiger partial charge < -0.3 is 10.6 Å². The van der Waals surface area contributed by atoms with Crippen molar-refractivity contribution in [1.29, 1.82) is 0 Å². The highest BCUT2D eigenvalue weighted by molar-refractivity contribution is 5.98. The van der Waals surface area contributed by atoms with Gasteiger partial charge in [-0.3, -0.25) is 9.48 Å². The van der Waals surface area contributed by atoms with Gasteiger partial charge in [0.05, 0.1) is 6.20 Å². The highest BCUT2D eigenvalue weighted by atomic mass is 16.2. The van der Waals surface area contributed by atoms with Crippen LogP contribution in [-0.4, -0.2) is 34.2 Å². The van der Waals surface area contributed by atoms with Crippen molar-refractivity contribution in [2.24, 2.45) is 7.05 Å². The number of unbranched alkanes of at least 4 members (excludes halogenated alkanes) is 2. The Morgan fingerprint density at radius 2 is 2.25 bits per heavy atom. The van der Waals surface area contributed by atoms with Crippen molar-refractivity contribution in [3.63, 3.8) is 0 Å². The van der Waals surface area contributed by atoms with Gasteiger partial charge in [0.1, 0.15) is 11.4 Å². The average Bonchev–Trinajstić information content (AvgIpc) is 2.59. The summed E-state index contributed by atoms with van der Waals surface area (Å²) in [4.78, 5) is 13.7. The zero-order chi connectivity index (χ0) is 12.1. The first kappa shape index (κ1) is 12.5. The van der Waals surface area contributed by atoms with Crippen LogP contribution in [0.15, 0.2) is 6.20 Å². The van der Waals surface area contributed by atoms with Crippen LogP contribution < -0.4 is 5.73 Å². The van der Waals surface area contributed by atoms with Crippen LogP contribution in [0.25, 0.3) is 0 Å². The van der Waals surface area contributed by atoms with Gasteiger partial charge in [-0.15, -0.1) is 0 Å². The summed E-state index contributed by atoms with van der Waals surface area (Å²) >= 11 is 0. The smallest absolute Gasteiger partial charge is 0.258 e. The lowest BCUT2D eigenvalue weighted by Gasteiger charge is -2.16. The number of hydrogen-bond donors (Lipinski definition) is 1. The van der Waals surface area contributed by atoms with Crippen molar-refractivity contribution >= 4 is 11.7 Å². The van der Waals surface area contributed by atoms with Crippen molar-refractivity contribution < 1.29 is 4.79 Å². The Morgan fingerprint density at radius 1 is 1.56 bits per heavy atom. The topological polar surface area (TPSA) is 64.2 Å². The summed E-state index contributed by atoms with van der Waals surface area (Å²) in [6.45, 7) is 2.90. The van der Waals surface area contributed by atoms with Crippen molar-refractivity contribution in [3.8, 4) is 0 Å². The monoisotopic (exact) mass is 224 g/mol. The van der Waals surface area contributed by atoms with Gasteiger partial charge in [0.25, 0.3) is 5.91 Å². The van der Waals surface area contributed by atoms with Crippen molar-refractivity contribution in [2.75, 3.05) is 19.3 Å². The SMILES string of the molecule is CCCCCN(C)C(=O)c1cnn(C)c1N. The fourth-order valence-corrected chi connectivity index (χ4v) is 1.52. The third-order valence-electron chi connectivity index (χ3n) is 2.66. The third kappa shape index (κ3) is 2.74. The number of hydrogen-bond acceptors (Lipinski definition) is 3. The molecule has 2 N–H and O–H groups in total. The summed E-state index contributed by atoms with van der Waals surface area (Å²) in [6.07, 6.45) is 4.84. The van der Waals surface area contributed by atoms with Gasteiger partial charge in [-0.1, -0.05) is 19.8 Å². The van der Waals surface area contributed by atoms with E-state index >= 15 is 0 Å². The van der Waals surface area contributed by atoms with Crippen LogP contribution in [0, 0.1) is 0 Å². The van der Waals surface area contributed by atoms with E-state index in [1.807, 2.05) is 0 Å². The number of amides is 1. The molecule has 5 nitrogen and oxygen atoms in total. The maximum atomic E-state index is 12.0. The third-order valence-corrected chi connectivity index (χ3v) is 2.66. The predicted molar refractivity (Wildman–Crippen MR) is 64.1 cm³/mol. The number of nitrogens with two attached hydrogens (primary N) is 1. The van der Waals surface area contributed by atoms with Gasteiger partial charge in [0.2, 0.25) is 0 Å². The lowest BCUT2D eigenvalue weighted by atomic mass is 10.2. The van der Waals surface area contributed by atoms with Gasteiger partial charge >= 0.3 is 0 Å². The molecule has 0 aliphatic rings. The Hall–Kier alpha value is -1.52. The highest BCUT2D eigenvalue weighted by Gasteiger charge is 2.17. The molecule has 16 heavy (non-hydrogen) atoms. The molecule has 5 heteroatoms. The fraction of sp³-hybridized carbons (Fsp3) is 0.636. The molecule has 0 atom stereocenters. The molecule has 0 radical (unpaired) electrons. The molecule has 1 amide bonds. The molecule has 1 heterocycles. The number of aryl methyl sites for hydroxylation is 1. The lowest BCUT2D eigenvalue weighted by molar-refractivity contribution is 0.0793. The molecule has 0 bridgehead atoms. The number of carbonyl (C=O) groups is 1. The van der Waals surface area contributed by atoms with Gasteiger partial charge in [0.15, 0.2) is 0 Å². The van der Waals surface area contributed by atoms with Gasteiger partial charge in [-0.2, -0.15) is 5.10 Å². The lowest BCUT2D eigenvalue weighted by Crippen LogP contribution is -2.28. The molecular formula is C11H20N4O. The van der Waals surface area contributed by atoms with E-state index < -0.39 is 0 Å². The molecule has 90 valence electrons. The van der Waals surface area contributed by atoms with Gasteiger partial charge in [-0.25, -0.2) is 0 Å². The predicted octanol–water partition coefficient (Wildman–Crippen LogP) is 1.26. The number of rotatable bonds is 5. The zero-order valence-corrected chi connectivity index (χ0v) is 10.2. The van der Waals surface area contributed by atoms with E-state index in [4.69, 9.17) is 5.73 Å². The van der Waals surface area contributed by atoms with Gasteiger partial charge in [-0.05, 0) is 6.42 Å². The number of nitrogens with zero attached hydrogens (tertiary/aromatic N) is 3. The fourth-order valence-electron chi connectivity index (χ4n) is 1.52. The molecule has 1 rings (SSSR count). The van der Waals surface area contributed by atoms with Crippen LogP contribution in [0.1, 0.15) is 36.5 Å². The summed E-state index contributed by atoms with van der Waals surface area (Å²) in [5.41, 5.74) is 6.24. The minimum atomic E-state index is -0.0540. The molecule has 0 aliphatic heterocycles. The van der Waals surface area contributed by atoms with E-state index in [2.05, 4.69) is 12.0 Å². The van der Waals surface area contributed by atoms with Crippen LogP contribution in [0.4, 0.5) is 5.82 Å². The van der Waals surface area contributed by atoms with Crippen LogP contribution in [0.2, 0.25) is 0 Å². The van der Waals surface area contributed by atoms with Crippen LogP contribution in [-0.2, 0) is 7.05 Å². The molecule has 0 saturated carbocycles. The quantitative estimate of drug-likeness (QED) is 0.766. The Bertz CT molecular complexity index is 359. The van der Waals surface area contributed by atoms with Crippen molar-refractivity contribution in [2.45, 2.75) is 26.2 Å². The van der Waals surface area contributed by atoms with Crippen molar-refractivity contribution in [3.05, 3.63) is 11.8 Å².